The van der Waals surface area contributed by atoms with E-state index in [0.29, 0.717) is 17.3 Å². The van der Waals surface area contributed by atoms with Crippen LogP contribution in [-0.4, -0.2) is 21.2 Å². The Hall–Kier alpha value is -3.15. The summed E-state index contributed by atoms with van der Waals surface area (Å²) in [5.74, 6) is 1.02. The van der Waals surface area contributed by atoms with E-state index in [2.05, 4.69) is 29.5 Å². The second kappa shape index (κ2) is 6.48. The first-order chi connectivity index (χ1) is 13.3. The molecule has 1 aliphatic rings. The Morgan fingerprint density at radius 1 is 1.25 bits per heavy atom. The van der Waals surface area contributed by atoms with Gasteiger partial charge >= 0.3 is 0 Å². The number of fused-ring (bicyclic) bond motifs is 2. The molecular weight excluding hydrogens is 352 g/mol. The van der Waals surface area contributed by atoms with Gasteiger partial charge in [0.25, 0.3) is 5.91 Å². The number of hydrogen-bond donors (Lipinski definition) is 2. The third kappa shape index (κ3) is 2.95. The molecule has 0 saturated carbocycles. The summed E-state index contributed by atoms with van der Waals surface area (Å²) in [4.78, 5) is 29.7. The van der Waals surface area contributed by atoms with Gasteiger partial charge in [-0.2, -0.15) is 0 Å². The minimum Gasteiger partial charge on any atom is -0.325 e. The van der Waals surface area contributed by atoms with Gasteiger partial charge in [0.2, 0.25) is 5.91 Å². The maximum absolute atomic E-state index is 13.0. The van der Waals surface area contributed by atoms with Gasteiger partial charge in [0.05, 0.1) is 10.9 Å². The average Bonchev–Trinajstić information content (AvgIpc) is 3.11. The number of pyridine rings is 1. The minimum atomic E-state index is -0.623. The largest absolute Gasteiger partial charge is 0.325 e. The third-order valence-corrected chi connectivity index (χ3v) is 5.19. The Bertz CT molecular complexity index is 1100. The Morgan fingerprint density at radius 2 is 2.04 bits per heavy atom. The van der Waals surface area contributed by atoms with E-state index in [1.165, 1.54) is 0 Å². The van der Waals surface area contributed by atoms with Crippen LogP contribution < -0.4 is 10.6 Å². The molecule has 1 aromatic carbocycles. The number of amides is 2. The van der Waals surface area contributed by atoms with Crippen LogP contribution in [0.15, 0.2) is 42.6 Å². The molecule has 2 aromatic heterocycles. The molecule has 0 saturated heterocycles. The average molecular weight is 376 g/mol. The maximum Gasteiger partial charge on any atom is 0.276 e. The van der Waals surface area contributed by atoms with Crippen molar-refractivity contribution in [3.05, 3.63) is 59.7 Å². The Labute approximate surface area is 164 Å². The topological polar surface area (TPSA) is 75.5 Å². The Kier molecular flexibility index (Phi) is 4.22. The van der Waals surface area contributed by atoms with Crippen molar-refractivity contribution >= 4 is 28.7 Å². The van der Waals surface area contributed by atoms with Gasteiger partial charge in [-0.15, -0.1) is 0 Å². The molecule has 0 bridgehead atoms. The van der Waals surface area contributed by atoms with Crippen molar-refractivity contribution in [1.29, 1.82) is 0 Å². The summed E-state index contributed by atoms with van der Waals surface area (Å²) in [5, 5.41) is 5.82. The molecular formula is C22H24N4O2. The van der Waals surface area contributed by atoms with E-state index in [1.807, 2.05) is 54.8 Å². The molecule has 2 amide bonds. The SMILES string of the molecule is CC(C)Cc1nc(C(=O)Nc2ccc3c(c2)C(C)(C)C(=O)N3)c2ccccn12. The number of rotatable bonds is 4. The van der Waals surface area contributed by atoms with Crippen molar-refractivity contribution in [3.63, 3.8) is 0 Å². The fraction of sp³-hybridized carbons (Fsp3) is 0.318. The number of carbonyl (C=O) groups excluding carboxylic acids is 2. The predicted molar refractivity (Wildman–Crippen MR) is 110 cm³/mol. The van der Waals surface area contributed by atoms with Gasteiger partial charge in [-0.3, -0.25) is 9.59 Å². The van der Waals surface area contributed by atoms with Crippen LogP contribution in [0, 0.1) is 5.92 Å². The lowest BCUT2D eigenvalue weighted by molar-refractivity contribution is -0.119. The molecule has 3 aromatic rings. The molecule has 144 valence electrons. The summed E-state index contributed by atoms with van der Waals surface area (Å²) in [6.07, 6.45) is 2.73. The number of aromatic nitrogens is 2. The summed E-state index contributed by atoms with van der Waals surface area (Å²) in [7, 11) is 0. The summed E-state index contributed by atoms with van der Waals surface area (Å²) in [5.41, 5.74) is 2.89. The molecule has 6 heteroatoms. The lowest BCUT2D eigenvalue weighted by atomic mass is 9.86. The van der Waals surface area contributed by atoms with E-state index in [0.717, 1.165) is 29.0 Å². The van der Waals surface area contributed by atoms with E-state index in [1.54, 1.807) is 6.07 Å². The monoisotopic (exact) mass is 376 g/mol. The van der Waals surface area contributed by atoms with E-state index >= 15 is 0 Å². The van der Waals surface area contributed by atoms with Gasteiger partial charge in [0.1, 0.15) is 5.82 Å². The van der Waals surface area contributed by atoms with Crippen molar-refractivity contribution < 1.29 is 9.59 Å². The quantitative estimate of drug-likeness (QED) is 0.722. The predicted octanol–water partition coefficient (Wildman–Crippen LogP) is 4.01. The zero-order valence-corrected chi connectivity index (χ0v) is 16.5. The van der Waals surface area contributed by atoms with Gasteiger partial charge in [0, 0.05) is 24.0 Å². The first-order valence-corrected chi connectivity index (χ1v) is 9.50. The van der Waals surface area contributed by atoms with Crippen LogP contribution in [0.4, 0.5) is 11.4 Å². The molecule has 2 N–H and O–H groups in total. The number of nitrogens with zero attached hydrogens (tertiary/aromatic N) is 2. The molecule has 3 heterocycles. The lowest BCUT2D eigenvalue weighted by Crippen LogP contribution is -2.26. The van der Waals surface area contributed by atoms with E-state index in [4.69, 9.17) is 0 Å². The number of imidazole rings is 1. The fourth-order valence-electron chi connectivity index (χ4n) is 3.62. The van der Waals surface area contributed by atoms with Crippen molar-refractivity contribution in [3.8, 4) is 0 Å². The standard InChI is InChI=1S/C22H24N4O2/c1-13(2)11-18-25-19(17-7-5-6-10-26(17)18)20(27)23-14-8-9-16-15(12-14)22(3,4)21(28)24-16/h5-10,12-13H,11H2,1-4H3,(H,23,27)(H,24,28). The molecule has 1 aliphatic heterocycles. The number of carbonyl (C=O) groups is 2. The molecule has 0 unspecified atom stereocenters. The van der Waals surface area contributed by atoms with Gasteiger partial charge in [-0.05, 0) is 55.7 Å². The highest BCUT2D eigenvalue weighted by Gasteiger charge is 2.38. The molecule has 6 nitrogen and oxygen atoms in total. The molecule has 0 aliphatic carbocycles. The van der Waals surface area contributed by atoms with Crippen LogP contribution in [0.3, 0.4) is 0 Å². The first kappa shape index (κ1) is 18.2. The summed E-state index contributed by atoms with van der Waals surface area (Å²) in [6, 6.07) is 11.2. The maximum atomic E-state index is 13.0. The second-order valence-corrected chi connectivity index (χ2v) is 8.22. The molecule has 0 fully saturated rings. The molecule has 0 atom stereocenters. The number of anilines is 2. The highest BCUT2D eigenvalue weighted by atomic mass is 16.2. The van der Waals surface area contributed by atoms with Gasteiger partial charge in [0.15, 0.2) is 5.69 Å². The van der Waals surface area contributed by atoms with Crippen LogP contribution in [0.2, 0.25) is 0 Å². The first-order valence-electron chi connectivity index (χ1n) is 9.50. The summed E-state index contributed by atoms with van der Waals surface area (Å²) < 4.78 is 1.98. The van der Waals surface area contributed by atoms with Crippen molar-refractivity contribution in [2.24, 2.45) is 5.92 Å². The Morgan fingerprint density at radius 3 is 2.79 bits per heavy atom. The summed E-state index contributed by atoms with van der Waals surface area (Å²) >= 11 is 0. The van der Waals surface area contributed by atoms with Crippen molar-refractivity contribution in [1.82, 2.24) is 9.38 Å². The van der Waals surface area contributed by atoms with Gasteiger partial charge in [-0.1, -0.05) is 19.9 Å². The second-order valence-electron chi connectivity index (χ2n) is 8.22. The number of benzene rings is 1. The highest BCUT2D eigenvalue weighted by molar-refractivity contribution is 6.09. The van der Waals surface area contributed by atoms with Gasteiger partial charge in [-0.25, -0.2) is 4.98 Å². The smallest absolute Gasteiger partial charge is 0.276 e. The van der Waals surface area contributed by atoms with E-state index in [-0.39, 0.29) is 11.8 Å². The molecule has 28 heavy (non-hydrogen) atoms. The Balaban J connectivity index is 1.67. The van der Waals surface area contributed by atoms with Gasteiger partial charge < -0.3 is 15.0 Å². The molecule has 0 spiro atoms. The van der Waals surface area contributed by atoms with Crippen LogP contribution >= 0.6 is 0 Å². The zero-order chi connectivity index (χ0) is 20.1. The lowest BCUT2D eigenvalue weighted by Gasteiger charge is -2.16. The molecule has 0 radical (unpaired) electrons. The van der Waals surface area contributed by atoms with E-state index in [9.17, 15) is 9.59 Å². The fourth-order valence-corrected chi connectivity index (χ4v) is 3.62. The van der Waals surface area contributed by atoms with Crippen LogP contribution in [0.1, 0.15) is 49.6 Å². The molecule has 4 rings (SSSR count). The van der Waals surface area contributed by atoms with E-state index < -0.39 is 5.41 Å². The number of hydrogen-bond acceptors (Lipinski definition) is 3. The normalized spacial score (nSPS) is 15.0. The minimum absolute atomic E-state index is 0.0376. The third-order valence-electron chi connectivity index (χ3n) is 5.19. The van der Waals surface area contributed by atoms with Crippen LogP contribution in [-0.2, 0) is 16.6 Å². The summed E-state index contributed by atoms with van der Waals surface area (Å²) in [6.45, 7) is 8.01. The van der Waals surface area contributed by atoms with Crippen LogP contribution in [0.5, 0.6) is 0 Å². The highest BCUT2D eigenvalue weighted by Crippen LogP contribution is 2.38. The van der Waals surface area contributed by atoms with Crippen molar-refractivity contribution in [2.75, 3.05) is 10.6 Å². The van der Waals surface area contributed by atoms with Crippen molar-refractivity contribution in [2.45, 2.75) is 39.5 Å². The van der Waals surface area contributed by atoms with Crippen LogP contribution in [0.25, 0.3) is 5.52 Å². The zero-order valence-electron chi connectivity index (χ0n) is 16.5. The number of nitrogens with one attached hydrogen (secondary N) is 2.